The fourth-order valence-corrected chi connectivity index (χ4v) is 1.60. The number of benzene rings is 1. The molecule has 1 rings (SSSR count). The maximum atomic E-state index is 3.89. The SMILES string of the molecule is C=CCCC[C@@H](C=C)c1ccccc1. The van der Waals surface area contributed by atoms with Crippen molar-refractivity contribution in [3.63, 3.8) is 0 Å². The second kappa shape index (κ2) is 6.20. The first-order chi connectivity index (χ1) is 6.88. The van der Waals surface area contributed by atoms with Crippen LogP contribution in [-0.4, -0.2) is 0 Å². The van der Waals surface area contributed by atoms with Crippen LogP contribution in [-0.2, 0) is 0 Å². The van der Waals surface area contributed by atoms with Crippen molar-refractivity contribution in [1.82, 2.24) is 0 Å². The zero-order chi connectivity index (χ0) is 10.2. The Morgan fingerprint density at radius 2 is 1.86 bits per heavy atom. The van der Waals surface area contributed by atoms with E-state index in [4.69, 9.17) is 0 Å². The van der Waals surface area contributed by atoms with E-state index in [0.717, 1.165) is 6.42 Å². The van der Waals surface area contributed by atoms with Gasteiger partial charge in [-0.1, -0.05) is 42.5 Å². The topological polar surface area (TPSA) is 0 Å². The van der Waals surface area contributed by atoms with Crippen LogP contribution < -0.4 is 0 Å². The first kappa shape index (κ1) is 10.8. The molecule has 0 fully saturated rings. The molecule has 0 spiro atoms. The molecule has 0 heterocycles. The van der Waals surface area contributed by atoms with Gasteiger partial charge in [-0.2, -0.15) is 0 Å². The fraction of sp³-hybridized carbons (Fsp3) is 0.286. The second-order valence-electron chi connectivity index (χ2n) is 3.47. The Morgan fingerprint density at radius 3 is 2.43 bits per heavy atom. The Morgan fingerprint density at radius 1 is 1.14 bits per heavy atom. The van der Waals surface area contributed by atoms with Gasteiger partial charge in [-0.15, -0.1) is 13.2 Å². The van der Waals surface area contributed by atoms with Crippen LogP contribution in [0.15, 0.2) is 55.6 Å². The maximum absolute atomic E-state index is 3.89. The maximum Gasteiger partial charge on any atom is 0.00154 e. The minimum Gasteiger partial charge on any atom is -0.103 e. The number of hydrogen-bond donors (Lipinski definition) is 0. The van der Waals surface area contributed by atoms with Gasteiger partial charge in [-0.25, -0.2) is 0 Å². The zero-order valence-electron chi connectivity index (χ0n) is 8.65. The van der Waals surface area contributed by atoms with Gasteiger partial charge in [0.15, 0.2) is 0 Å². The molecule has 0 heteroatoms. The summed E-state index contributed by atoms with van der Waals surface area (Å²) in [5.74, 6) is 0.496. The molecule has 0 nitrogen and oxygen atoms in total. The summed E-state index contributed by atoms with van der Waals surface area (Å²) in [5.41, 5.74) is 1.37. The third-order valence-corrected chi connectivity index (χ3v) is 2.44. The molecule has 0 aliphatic rings. The van der Waals surface area contributed by atoms with Gasteiger partial charge >= 0.3 is 0 Å². The molecule has 0 aliphatic carbocycles. The van der Waals surface area contributed by atoms with Crippen LogP contribution in [0.1, 0.15) is 30.7 Å². The van der Waals surface area contributed by atoms with Crippen molar-refractivity contribution in [1.29, 1.82) is 0 Å². The van der Waals surface area contributed by atoms with Crippen LogP contribution in [0.5, 0.6) is 0 Å². The predicted molar refractivity (Wildman–Crippen MR) is 63.4 cm³/mol. The number of unbranched alkanes of at least 4 members (excludes halogenated alkanes) is 1. The highest BCUT2D eigenvalue weighted by atomic mass is 14.1. The molecule has 0 aromatic heterocycles. The summed E-state index contributed by atoms with van der Waals surface area (Å²) in [7, 11) is 0. The van der Waals surface area contributed by atoms with E-state index in [1.807, 2.05) is 18.2 Å². The molecule has 1 atom stereocenters. The molecule has 0 amide bonds. The van der Waals surface area contributed by atoms with Gasteiger partial charge in [-0.3, -0.25) is 0 Å². The van der Waals surface area contributed by atoms with Crippen molar-refractivity contribution >= 4 is 0 Å². The van der Waals surface area contributed by atoms with E-state index in [2.05, 4.69) is 37.4 Å². The minimum atomic E-state index is 0.496. The molecule has 0 radical (unpaired) electrons. The van der Waals surface area contributed by atoms with Crippen molar-refractivity contribution < 1.29 is 0 Å². The molecular formula is C14H18. The third kappa shape index (κ3) is 3.21. The molecule has 1 aromatic carbocycles. The van der Waals surface area contributed by atoms with Crippen molar-refractivity contribution in [2.24, 2.45) is 0 Å². The van der Waals surface area contributed by atoms with Crippen molar-refractivity contribution in [3.05, 3.63) is 61.2 Å². The molecule has 0 bridgehead atoms. The Bertz CT molecular complexity index is 271. The lowest BCUT2D eigenvalue weighted by molar-refractivity contribution is 0.686. The van der Waals surface area contributed by atoms with Crippen LogP contribution in [0.4, 0.5) is 0 Å². The first-order valence-electron chi connectivity index (χ1n) is 5.17. The minimum absolute atomic E-state index is 0.496. The van der Waals surface area contributed by atoms with E-state index in [1.54, 1.807) is 0 Å². The summed E-state index contributed by atoms with van der Waals surface area (Å²) >= 11 is 0. The molecule has 14 heavy (non-hydrogen) atoms. The Labute approximate surface area is 87.0 Å². The molecule has 0 N–H and O–H groups in total. The van der Waals surface area contributed by atoms with Gasteiger partial charge in [0, 0.05) is 5.92 Å². The van der Waals surface area contributed by atoms with Crippen molar-refractivity contribution in [3.8, 4) is 0 Å². The van der Waals surface area contributed by atoms with E-state index in [9.17, 15) is 0 Å². The normalized spacial score (nSPS) is 12.0. The summed E-state index contributed by atoms with van der Waals surface area (Å²) < 4.78 is 0. The Balaban J connectivity index is 2.54. The monoisotopic (exact) mass is 186 g/mol. The molecule has 74 valence electrons. The summed E-state index contributed by atoms with van der Waals surface area (Å²) in [6.45, 7) is 7.62. The Hall–Kier alpha value is -1.30. The van der Waals surface area contributed by atoms with Crippen LogP contribution in [0.2, 0.25) is 0 Å². The molecule has 0 unspecified atom stereocenters. The van der Waals surface area contributed by atoms with Crippen LogP contribution >= 0.6 is 0 Å². The lowest BCUT2D eigenvalue weighted by atomic mass is 9.94. The van der Waals surface area contributed by atoms with E-state index in [-0.39, 0.29) is 0 Å². The summed E-state index contributed by atoms with van der Waals surface area (Å²) in [5, 5.41) is 0. The molecular weight excluding hydrogens is 168 g/mol. The van der Waals surface area contributed by atoms with E-state index < -0.39 is 0 Å². The largest absolute Gasteiger partial charge is 0.103 e. The lowest BCUT2D eigenvalue weighted by Crippen LogP contribution is -1.94. The van der Waals surface area contributed by atoms with Gasteiger partial charge in [-0.05, 0) is 24.8 Å². The molecule has 0 saturated heterocycles. The smallest absolute Gasteiger partial charge is 0.00154 e. The fourth-order valence-electron chi connectivity index (χ4n) is 1.60. The quantitative estimate of drug-likeness (QED) is 0.458. The average molecular weight is 186 g/mol. The summed E-state index contributed by atoms with van der Waals surface area (Å²) in [6.07, 6.45) is 7.47. The van der Waals surface area contributed by atoms with Crippen LogP contribution in [0, 0.1) is 0 Å². The standard InChI is InChI=1S/C14H18/c1-3-5-7-10-13(4-2)14-11-8-6-9-12-14/h3-4,6,8-9,11-13H,1-2,5,7,10H2/t13-/m1/s1. The summed E-state index contributed by atoms with van der Waals surface area (Å²) in [4.78, 5) is 0. The van der Waals surface area contributed by atoms with Crippen molar-refractivity contribution in [2.75, 3.05) is 0 Å². The Kier molecular flexibility index (Phi) is 4.77. The highest BCUT2D eigenvalue weighted by Crippen LogP contribution is 2.22. The van der Waals surface area contributed by atoms with Gasteiger partial charge in [0.1, 0.15) is 0 Å². The number of rotatable bonds is 6. The van der Waals surface area contributed by atoms with E-state index >= 15 is 0 Å². The van der Waals surface area contributed by atoms with Gasteiger partial charge in [0.2, 0.25) is 0 Å². The van der Waals surface area contributed by atoms with Crippen molar-refractivity contribution in [2.45, 2.75) is 25.2 Å². The predicted octanol–water partition coefficient (Wildman–Crippen LogP) is 4.31. The van der Waals surface area contributed by atoms with E-state index in [1.165, 1.54) is 18.4 Å². The van der Waals surface area contributed by atoms with Gasteiger partial charge in [0.05, 0.1) is 0 Å². The highest BCUT2D eigenvalue weighted by Gasteiger charge is 2.05. The van der Waals surface area contributed by atoms with Gasteiger partial charge in [0.25, 0.3) is 0 Å². The van der Waals surface area contributed by atoms with E-state index in [0.29, 0.717) is 5.92 Å². The third-order valence-electron chi connectivity index (χ3n) is 2.44. The highest BCUT2D eigenvalue weighted by molar-refractivity contribution is 5.22. The second-order valence-corrected chi connectivity index (χ2v) is 3.47. The number of allylic oxidation sites excluding steroid dienone is 2. The van der Waals surface area contributed by atoms with Gasteiger partial charge < -0.3 is 0 Å². The first-order valence-corrected chi connectivity index (χ1v) is 5.17. The zero-order valence-corrected chi connectivity index (χ0v) is 8.65. The summed E-state index contributed by atoms with van der Waals surface area (Å²) in [6, 6.07) is 10.5. The molecule has 0 saturated carbocycles. The number of hydrogen-bond acceptors (Lipinski definition) is 0. The lowest BCUT2D eigenvalue weighted by Gasteiger charge is -2.11. The molecule has 0 aliphatic heterocycles. The van der Waals surface area contributed by atoms with Crippen LogP contribution in [0.25, 0.3) is 0 Å². The molecule has 1 aromatic rings. The average Bonchev–Trinajstić information content (AvgIpc) is 2.26. The van der Waals surface area contributed by atoms with Crippen LogP contribution in [0.3, 0.4) is 0 Å².